The maximum absolute atomic E-state index is 13.9. The van der Waals surface area contributed by atoms with Crippen LogP contribution in [0, 0.1) is 12.8 Å². The second-order valence-corrected chi connectivity index (χ2v) is 12.0. The molecule has 3 aromatic carbocycles. The van der Waals surface area contributed by atoms with Gasteiger partial charge in [0, 0.05) is 13.1 Å². The highest BCUT2D eigenvalue weighted by Crippen LogP contribution is 2.25. The van der Waals surface area contributed by atoms with Crippen LogP contribution in [0.4, 0.5) is 5.69 Å². The molecule has 0 unspecified atom stereocenters. The predicted molar refractivity (Wildman–Crippen MR) is 156 cm³/mol. The predicted octanol–water partition coefficient (Wildman–Crippen LogP) is 4.94. The molecule has 1 N–H and O–H groups in total. The highest BCUT2D eigenvalue weighted by Gasteiger charge is 2.32. The fraction of sp³-hybridized carbons (Fsp3) is 0.355. The van der Waals surface area contributed by atoms with Gasteiger partial charge in [-0.1, -0.05) is 80.9 Å². The van der Waals surface area contributed by atoms with Crippen molar-refractivity contribution in [3.8, 4) is 0 Å². The van der Waals surface area contributed by atoms with Crippen molar-refractivity contribution in [2.45, 2.75) is 58.5 Å². The normalized spacial score (nSPS) is 12.2. The highest BCUT2D eigenvalue weighted by molar-refractivity contribution is 7.92. The molecule has 208 valence electrons. The lowest BCUT2D eigenvalue weighted by Crippen LogP contribution is -2.51. The summed E-state index contributed by atoms with van der Waals surface area (Å²) in [6.45, 7) is 9.87. The summed E-state index contributed by atoms with van der Waals surface area (Å²) in [4.78, 5) is 28.5. The molecular weight excluding hydrogens is 510 g/mol. The van der Waals surface area contributed by atoms with E-state index in [1.807, 2.05) is 64.1 Å². The summed E-state index contributed by atoms with van der Waals surface area (Å²) in [6.07, 6.45) is 0.804. The first-order chi connectivity index (χ1) is 18.5. The van der Waals surface area contributed by atoms with Crippen molar-refractivity contribution in [2.75, 3.05) is 17.4 Å². The van der Waals surface area contributed by atoms with Crippen LogP contribution in [0.15, 0.2) is 83.8 Å². The maximum Gasteiger partial charge on any atom is 0.264 e. The minimum absolute atomic E-state index is 0.0881. The Hall–Kier alpha value is -3.65. The Morgan fingerprint density at radius 1 is 0.846 bits per heavy atom. The number of sulfonamides is 1. The van der Waals surface area contributed by atoms with E-state index in [0.29, 0.717) is 12.2 Å². The average molecular weight is 550 g/mol. The van der Waals surface area contributed by atoms with Gasteiger partial charge >= 0.3 is 0 Å². The number of nitrogens with zero attached hydrogens (tertiary/aromatic N) is 2. The standard InChI is InChI=1S/C31H39N3O4S/c1-6-26-16-18-28(19-17-26)34(39(37,38)29-10-8-7-9-11-29)22-30(35)33(21-27-14-12-24(4)13-15-27)25(5)31(36)32-20-23(2)3/h7-19,23,25H,6,20-22H2,1-5H3,(H,32,36)/t25-/m0/s1. The van der Waals surface area contributed by atoms with Crippen LogP contribution in [-0.2, 0) is 32.6 Å². The van der Waals surface area contributed by atoms with Crippen molar-refractivity contribution in [2.24, 2.45) is 5.92 Å². The molecule has 0 spiro atoms. The third kappa shape index (κ3) is 7.93. The van der Waals surface area contributed by atoms with E-state index in [0.717, 1.165) is 27.4 Å². The quantitative estimate of drug-likeness (QED) is 0.347. The molecule has 0 heterocycles. The first-order valence-corrected chi connectivity index (χ1v) is 14.8. The summed E-state index contributed by atoms with van der Waals surface area (Å²) in [7, 11) is -4.06. The van der Waals surface area contributed by atoms with Crippen LogP contribution in [0.1, 0.15) is 44.4 Å². The third-order valence-corrected chi connectivity index (χ3v) is 8.36. The number of amides is 2. The van der Waals surface area contributed by atoms with Crippen molar-refractivity contribution < 1.29 is 18.0 Å². The Bertz CT molecular complexity index is 1340. The Kier molecular flexibility index (Phi) is 10.3. The first-order valence-electron chi connectivity index (χ1n) is 13.3. The molecular formula is C31H39N3O4S. The number of carbonyl (C=O) groups is 2. The Morgan fingerprint density at radius 2 is 1.44 bits per heavy atom. The average Bonchev–Trinajstić information content (AvgIpc) is 2.94. The molecule has 8 heteroatoms. The summed E-state index contributed by atoms with van der Waals surface area (Å²) < 4.78 is 28.7. The lowest BCUT2D eigenvalue weighted by molar-refractivity contribution is -0.139. The van der Waals surface area contributed by atoms with Gasteiger partial charge in [0.1, 0.15) is 12.6 Å². The number of rotatable bonds is 12. The summed E-state index contributed by atoms with van der Waals surface area (Å²) in [5, 5.41) is 2.90. The van der Waals surface area contributed by atoms with Gasteiger partial charge in [-0.05, 0) is 61.6 Å². The molecule has 0 saturated carbocycles. The van der Waals surface area contributed by atoms with Crippen molar-refractivity contribution in [1.82, 2.24) is 10.2 Å². The van der Waals surface area contributed by atoms with Gasteiger partial charge in [-0.3, -0.25) is 13.9 Å². The molecule has 0 aliphatic rings. The Labute approximate surface area is 232 Å². The zero-order chi connectivity index (χ0) is 28.6. The van der Waals surface area contributed by atoms with E-state index in [1.165, 1.54) is 17.0 Å². The van der Waals surface area contributed by atoms with E-state index in [-0.39, 0.29) is 23.3 Å². The fourth-order valence-corrected chi connectivity index (χ4v) is 5.51. The zero-order valence-electron chi connectivity index (χ0n) is 23.4. The molecule has 0 aliphatic carbocycles. The number of hydrogen-bond donors (Lipinski definition) is 1. The minimum Gasteiger partial charge on any atom is -0.354 e. The van der Waals surface area contributed by atoms with Crippen molar-refractivity contribution >= 4 is 27.5 Å². The van der Waals surface area contributed by atoms with Crippen LogP contribution >= 0.6 is 0 Å². The van der Waals surface area contributed by atoms with Gasteiger partial charge in [0.15, 0.2) is 0 Å². The highest BCUT2D eigenvalue weighted by atomic mass is 32.2. The fourth-order valence-electron chi connectivity index (χ4n) is 4.07. The Balaban J connectivity index is 1.99. The van der Waals surface area contributed by atoms with E-state index in [2.05, 4.69) is 5.32 Å². The molecule has 0 radical (unpaired) electrons. The maximum atomic E-state index is 13.9. The molecule has 7 nitrogen and oxygen atoms in total. The van der Waals surface area contributed by atoms with Crippen LogP contribution in [0.3, 0.4) is 0 Å². The van der Waals surface area contributed by atoms with Crippen molar-refractivity contribution in [1.29, 1.82) is 0 Å². The molecule has 0 bridgehead atoms. The van der Waals surface area contributed by atoms with Gasteiger partial charge in [0.2, 0.25) is 11.8 Å². The van der Waals surface area contributed by atoms with Crippen LogP contribution in [0.2, 0.25) is 0 Å². The summed E-state index contributed by atoms with van der Waals surface area (Å²) in [5.41, 5.74) is 3.37. The van der Waals surface area contributed by atoms with Crippen LogP contribution in [-0.4, -0.2) is 44.3 Å². The van der Waals surface area contributed by atoms with Crippen molar-refractivity contribution in [3.05, 3.63) is 95.6 Å². The van der Waals surface area contributed by atoms with Gasteiger partial charge in [-0.15, -0.1) is 0 Å². The van der Waals surface area contributed by atoms with Crippen molar-refractivity contribution in [3.63, 3.8) is 0 Å². The lowest BCUT2D eigenvalue weighted by Gasteiger charge is -2.32. The first kappa shape index (κ1) is 29.9. The molecule has 0 saturated heterocycles. The number of hydrogen-bond acceptors (Lipinski definition) is 4. The summed E-state index contributed by atoms with van der Waals surface area (Å²) in [6, 6.07) is 22.1. The van der Waals surface area contributed by atoms with Gasteiger partial charge in [-0.2, -0.15) is 0 Å². The van der Waals surface area contributed by atoms with E-state index < -0.39 is 28.5 Å². The second-order valence-electron chi connectivity index (χ2n) is 10.2. The summed E-state index contributed by atoms with van der Waals surface area (Å²) in [5.74, 6) is -0.504. The lowest BCUT2D eigenvalue weighted by atomic mass is 10.1. The van der Waals surface area contributed by atoms with E-state index >= 15 is 0 Å². The smallest absolute Gasteiger partial charge is 0.264 e. The molecule has 0 aromatic heterocycles. The van der Waals surface area contributed by atoms with Gasteiger partial charge in [-0.25, -0.2) is 8.42 Å². The zero-order valence-corrected chi connectivity index (χ0v) is 24.2. The number of aryl methyl sites for hydroxylation is 2. The molecule has 3 aromatic rings. The van der Waals surface area contributed by atoms with E-state index in [1.54, 1.807) is 37.3 Å². The molecule has 3 rings (SSSR count). The monoisotopic (exact) mass is 549 g/mol. The number of benzene rings is 3. The Morgan fingerprint density at radius 3 is 2.00 bits per heavy atom. The van der Waals surface area contributed by atoms with Gasteiger partial charge in [0.25, 0.3) is 10.0 Å². The number of anilines is 1. The van der Waals surface area contributed by atoms with Gasteiger partial charge < -0.3 is 10.2 Å². The molecule has 39 heavy (non-hydrogen) atoms. The minimum atomic E-state index is -4.06. The third-order valence-electron chi connectivity index (χ3n) is 6.57. The van der Waals surface area contributed by atoms with Crippen LogP contribution < -0.4 is 9.62 Å². The molecule has 2 amide bonds. The molecule has 1 atom stereocenters. The number of carbonyl (C=O) groups excluding carboxylic acids is 2. The second kappa shape index (κ2) is 13.4. The van der Waals surface area contributed by atoms with Gasteiger partial charge in [0.05, 0.1) is 10.6 Å². The van der Waals surface area contributed by atoms with E-state index in [9.17, 15) is 18.0 Å². The largest absolute Gasteiger partial charge is 0.354 e. The topological polar surface area (TPSA) is 86.8 Å². The SMILES string of the molecule is CCc1ccc(N(CC(=O)N(Cc2ccc(C)cc2)[C@@H](C)C(=O)NCC(C)C)S(=O)(=O)c2ccccc2)cc1. The molecule has 0 aliphatic heterocycles. The molecule has 0 fully saturated rings. The number of nitrogens with one attached hydrogen (secondary N) is 1. The van der Waals surface area contributed by atoms with E-state index in [4.69, 9.17) is 0 Å². The van der Waals surface area contributed by atoms with Crippen LogP contribution in [0.5, 0.6) is 0 Å². The summed E-state index contributed by atoms with van der Waals surface area (Å²) >= 11 is 0. The van der Waals surface area contributed by atoms with Crippen LogP contribution in [0.25, 0.3) is 0 Å².